The molecular weight excluding hydrogens is 248 g/mol. The molecule has 0 aromatic heterocycles. The molecule has 1 atom stereocenters. The van der Waals surface area contributed by atoms with Gasteiger partial charge in [0.25, 0.3) is 11.8 Å². The number of hydrogen-bond donors (Lipinski definition) is 2. The van der Waals surface area contributed by atoms with E-state index < -0.39 is 35.5 Å². The van der Waals surface area contributed by atoms with E-state index in [0.717, 1.165) is 0 Å². The maximum atomic E-state index is 11.2. The van der Waals surface area contributed by atoms with Crippen LogP contribution in [0.4, 0.5) is 0 Å². The second-order valence-corrected chi connectivity index (χ2v) is 4.21. The topological polar surface area (TPSA) is 92.8 Å². The summed E-state index contributed by atoms with van der Waals surface area (Å²) in [6, 6.07) is 0. The van der Waals surface area contributed by atoms with Gasteiger partial charge in [0, 0.05) is 12.8 Å². The highest BCUT2D eigenvalue weighted by Crippen LogP contribution is 2.11. The Morgan fingerprint density at radius 1 is 1.41 bits per heavy atom. The molecule has 1 aliphatic rings. The number of thiol groups is 1. The molecule has 1 rings (SSSR count). The van der Waals surface area contributed by atoms with Gasteiger partial charge in [0.1, 0.15) is 6.54 Å². The SMILES string of the molecule is CC(S)C(=O)NCC(=O)ON1C(=O)CCC1=O. The fourth-order valence-corrected chi connectivity index (χ4v) is 1.19. The molecule has 3 amide bonds. The first kappa shape index (κ1) is 13.5. The zero-order valence-electron chi connectivity index (χ0n) is 9.13. The number of nitrogens with zero attached hydrogens (tertiary/aromatic N) is 1. The summed E-state index contributed by atoms with van der Waals surface area (Å²) >= 11 is 3.86. The van der Waals surface area contributed by atoms with Gasteiger partial charge in [-0.1, -0.05) is 0 Å². The van der Waals surface area contributed by atoms with Gasteiger partial charge in [-0.25, -0.2) is 4.79 Å². The maximum Gasteiger partial charge on any atom is 0.352 e. The molecule has 1 unspecified atom stereocenters. The highest BCUT2D eigenvalue weighted by atomic mass is 32.1. The average Bonchev–Trinajstić information content (AvgIpc) is 2.57. The van der Waals surface area contributed by atoms with Crippen LogP contribution in [0.3, 0.4) is 0 Å². The van der Waals surface area contributed by atoms with E-state index in [4.69, 9.17) is 0 Å². The molecule has 7 nitrogen and oxygen atoms in total. The summed E-state index contributed by atoms with van der Waals surface area (Å²) in [5.41, 5.74) is 0. The van der Waals surface area contributed by atoms with Crippen LogP contribution in [-0.2, 0) is 24.0 Å². The van der Waals surface area contributed by atoms with E-state index in [9.17, 15) is 19.2 Å². The third-order valence-electron chi connectivity index (χ3n) is 1.99. The van der Waals surface area contributed by atoms with Crippen LogP contribution < -0.4 is 5.32 Å². The van der Waals surface area contributed by atoms with Gasteiger partial charge >= 0.3 is 5.97 Å². The van der Waals surface area contributed by atoms with Gasteiger partial charge in [-0.2, -0.15) is 12.6 Å². The summed E-state index contributed by atoms with van der Waals surface area (Å²) in [5, 5.41) is 2.12. The first-order valence-corrected chi connectivity index (χ1v) is 5.46. The van der Waals surface area contributed by atoms with Crippen molar-refractivity contribution in [2.75, 3.05) is 6.54 Å². The van der Waals surface area contributed by atoms with Crippen molar-refractivity contribution in [3.05, 3.63) is 0 Å². The summed E-state index contributed by atoms with van der Waals surface area (Å²) in [5.74, 6) is -2.44. The van der Waals surface area contributed by atoms with Crippen LogP contribution in [0.5, 0.6) is 0 Å². The number of nitrogens with one attached hydrogen (secondary N) is 1. The van der Waals surface area contributed by atoms with Crippen molar-refractivity contribution in [3.8, 4) is 0 Å². The Bertz CT molecular complexity index is 352. The summed E-state index contributed by atoms with van der Waals surface area (Å²) in [6.07, 6.45) is 0.0678. The molecule has 17 heavy (non-hydrogen) atoms. The van der Waals surface area contributed by atoms with Crippen LogP contribution in [0.15, 0.2) is 0 Å². The Morgan fingerprint density at radius 3 is 2.41 bits per heavy atom. The normalized spacial score (nSPS) is 16.9. The lowest BCUT2D eigenvalue weighted by molar-refractivity contribution is -0.196. The maximum absolute atomic E-state index is 11.2. The van der Waals surface area contributed by atoms with Crippen LogP contribution in [0.1, 0.15) is 19.8 Å². The van der Waals surface area contributed by atoms with Crippen molar-refractivity contribution >= 4 is 36.3 Å². The molecule has 0 bridgehead atoms. The highest BCUT2D eigenvalue weighted by molar-refractivity contribution is 7.81. The number of rotatable bonds is 4. The van der Waals surface area contributed by atoms with Gasteiger partial charge in [0.2, 0.25) is 5.91 Å². The van der Waals surface area contributed by atoms with Gasteiger partial charge in [-0.15, -0.1) is 5.06 Å². The molecule has 8 heteroatoms. The van der Waals surface area contributed by atoms with E-state index >= 15 is 0 Å². The van der Waals surface area contributed by atoms with Gasteiger partial charge in [-0.3, -0.25) is 14.4 Å². The number of hydroxylamine groups is 2. The van der Waals surface area contributed by atoms with E-state index in [1.54, 1.807) is 0 Å². The molecule has 94 valence electrons. The molecule has 1 heterocycles. The Morgan fingerprint density at radius 2 is 1.94 bits per heavy atom. The third kappa shape index (κ3) is 3.74. The summed E-state index contributed by atoms with van der Waals surface area (Å²) < 4.78 is 0. The van der Waals surface area contributed by atoms with E-state index in [1.165, 1.54) is 6.92 Å². The van der Waals surface area contributed by atoms with Crippen LogP contribution in [-0.4, -0.2) is 40.5 Å². The number of amides is 3. The van der Waals surface area contributed by atoms with Crippen molar-refractivity contribution in [1.82, 2.24) is 10.4 Å². The predicted octanol–water partition coefficient (Wildman–Crippen LogP) is -0.972. The van der Waals surface area contributed by atoms with Crippen molar-refractivity contribution in [2.24, 2.45) is 0 Å². The molecule has 1 saturated heterocycles. The average molecular weight is 260 g/mol. The van der Waals surface area contributed by atoms with Crippen molar-refractivity contribution < 1.29 is 24.0 Å². The quantitative estimate of drug-likeness (QED) is 0.501. The first-order valence-electron chi connectivity index (χ1n) is 4.94. The smallest absolute Gasteiger partial charge is 0.344 e. The summed E-state index contributed by atoms with van der Waals surface area (Å²) in [6.45, 7) is 1.12. The van der Waals surface area contributed by atoms with Crippen molar-refractivity contribution in [1.29, 1.82) is 0 Å². The fourth-order valence-electron chi connectivity index (χ4n) is 1.10. The minimum absolute atomic E-state index is 0.0339. The molecule has 1 N–H and O–H groups in total. The first-order chi connectivity index (χ1) is 7.91. The molecule has 0 radical (unpaired) electrons. The zero-order valence-corrected chi connectivity index (χ0v) is 10.0. The lowest BCUT2D eigenvalue weighted by atomic mass is 10.4. The monoisotopic (exact) mass is 260 g/mol. The van der Waals surface area contributed by atoms with E-state index in [0.29, 0.717) is 5.06 Å². The molecule has 1 fully saturated rings. The van der Waals surface area contributed by atoms with Crippen LogP contribution >= 0.6 is 12.6 Å². The Balaban J connectivity index is 2.37. The summed E-state index contributed by atoms with van der Waals surface area (Å²) in [7, 11) is 0. The largest absolute Gasteiger partial charge is 0.352 e. The van der Waals surface area contributed by atoms with Gasteiger partial charge in [-0.05, 0) is 6.92 Å². The lowest BCUT2D eigenvalue weighted by Crippen LogP contribution is -2.39. The molecule has 0 aromatic rings. The second kappa shape index (κ2) is 5.67. The molecule has 0 aromatic carbocycles. The minimum atomic E-state index is -0.879. The third-order valence-corrected chi connectivity index (χ3v) is 2.22. The number of carbonyl (C=O) groups is 4. The van der Waals surface area contributed by atoms with Crippen LogP contribution in [0, 0.1) is 0 Å². The Labute approximate surface area is 103 Å². The predicted molar refractivity (Wildman–Crippen MR) is 58.6 cm³/mol. The van der Waals surface area contributed by atoms with Gasteiger partial charge in [0.15, 0.2) is 0 Å². The van der Waals surface area contributed by atoms with Gasteiger partial charge < -0.3 is 10.2 Å². The number of carbonyl (C=O) groups excluding carboxylic acids is 4. The Kier molecular flexibility index (Phi) is 4.50. The van der Waals surface area contributed by atoms with Gasteiger partial charge in [0.05, 0.1) is 5.25 Å². The van der Waals surface area contributed by atoms with E-state index in [1.807, 2.05) is 0 Å². The minimum Gasteiger partial charge on any atom is -0.344 e. The lowest BCUT2D eigenvalue weighted by Gasteiger charge is -2.13. The van der Waals surface area contributed by atoms with Crippen LogP contribution in [0.2, 0.25) is 0 Å². The van der Waals surface area contributed by atoms with E-state index in [2.05, 4.69) is 22.8 Å². The highest BCUT2D eigenvalue weighted by Gasteiger charge is 2.32. The number of hydrogen-bond acceptors (Lipinski definition) is 6. The number of imide groups is 1. The molecule has 0 aliphatic carbocycles. The summed E-state index contributed by atoms with van der Waals surface area (Å²) in [4.78, 5) is 49.0. The van der Waals surface area contributed by atoms with E-state index in [-0.39, 0.29) is 12.8 Å². The van der Waals surface area contributed by atoms with Crippen molar-refractivity contribution in [2.45, 2.75) is 25.0 Å². The Hall–Kier alpha value is -1.57. The molecule has 1 aliphatic heterocycles. The fraction of sp³-hybridized carbons (Fsp3) is 0.556. The van der Waals surface area contributed by atoms with Crippen LogP contribution in [0.25, 0.3) is 0 Å². The second-order valence-electron chi connectivity index (χ2n) is 3.44. The standard InChI is InChI=1S/C9H12N2O5S/c1-5(17)9(15)10-4-8(14)16-11-6(12)2-3-7(11)13/h5,17H,2-4H2,1H3,(H,10,15). The zero-order chi connectivity index (χ0) is 13.0. The van der Waals surface area contributed by atoms with Crippen molar-refractivity contribution in [3.63, 3.8) is 0 Å². The molecule has 0 spiro atoms. The molecular formula is C9H12N2O5S. The molecule has 0 saturated carbocycles.